The third-order valence-electron chi connectivity index (χ3n) is 7.18. The van der Waals surface area contributed by atoms with E-state index in [9.17, 15) is 18.0 Å². The Kier molecular flexibility index (Phi) is 12.0. The van der Waals surface area contributed by atoms with E-state index >= 15 is 0 Å². The number of nitrogens with zero attached hydrogens (tertiary/aromatic N) is 2. The summed E-state index contributed by atoms with van der Waals surface area (Å²) in [4.78, 5) is 29.9. The summed E-state index contributed by atoms with van der Waals surface area (Å²) in [7, 11) is -4.17. The van der Waals surface area contributed by atoms with Crippen LogP contribution in [0.25, 0.3) is 0 Å². The Morgan fingerprint density at radius 1 is 0.800 bits per heavy atom. The smallest absolute Gasteiger partial charge is 0.264 e. The van der Waals surface area contributed by atoms with Crippen LogP contribution in [0.4, 0.5) is 5.69 Å². The van der Waals surface area contributed by atoms with E-state index in [0.717, 1.165) is 25.5 Å². The molecular weight excluding hydrogens is 718 g/mol. The first-order chi connectivity index (χ1) is 21.4. The van der Waals surface area contributed by atoms with Gasteiger partial charge in [-0.1, -0.05) is 112 Å². The molecule has 1 N–H and O–H groups in total. The fourth-order valence-corrected chi connectivity index (χ4v) is 7.05. The van der Waals surface area contributed by atoms with Crippen molar-refractivity contribution in [3.05, 3.63) is 129 Å². The van der Waals surface area contributed by atoms with E-state index in [1.165, 1.54) is 17.0 Å². The van der Waals surface area contributed by atoms with E-state index in [0.29, 0.717) is 16.7 Å². The van der Waals surface area contributed by atoms with Crippen molar-refractivity contribution in [2.24, 2.45) is 5.92 Å². The minimum Gasteiger partial charge on any atom is -0.354 e. The topological polar surface area (TPSA) is 86.8 Å². The monoisotopic (exact) mass is 753 g/mol. The van der Waals surface area contributed by atoms with Gasteiger partial charge in [0.1, 0.15) is 12.6 Å². The normalized spacial score (nSPS) is 12.0. The van der Waals surface area contributed by atoms with E-state index in [1.54, 1.807) is 36.4 Å². The molecule has 0 saturated carbocycles. The second-order valence-electron chi connectivity index (χ2n) is 11.3. The van der Waals surface area contributed by atoms with Crippen LogP contribution >= 0.6 is 31.9 Å². The van der Waals surface area contributed by atoms with Gasteiger partial charge in [0, 0.05) is 28.5 Å². The van der Waals surface area contributed by atoms with Gasteiger partial charge in [-0.3, -0.25) is 13.9 Å². The highest BCUT2D eigenvalue weighted by Gasteiger charge is 2.34. The Labute approximate surface area is 283 Å². The van der Waals surface area contributed by atoms with Crippen LogP contribution in [0.2, 0.25) is 0 Å². The predicted molar refractivity (Wildman–Crippen MR) is 186 cm³/mol. The van der Waals surface area contributed by atoms with Gasteiger partial charge in [-0.25, -0.2) is 8.42 Å². The summed E-state index contributed by atoms with van der Waals surface area (Å²) < 4.78 is 30.9. The molecule has 0 saturated heterocycles. The number of amides is 2. The summed E-state index contributed by atoms with van der Waals surface area (Å²) in [6, 6.07) is 29.5. The lowest BCUT2D eigenvalue weighted by atomic mass is 10.0. The molecule has 0 spiro atoms. The Hall–Kier alpha value is -3.47. The molecule has 4 aromatic rings. The second-order valence-corrected chi connectivity index (χ2v) is 15.0. The SMILES string of the molecule is Cc1ccc(S(=O)(=O)N(CC(=O)N(Cc2cccc(Br)c2)[C@H](Cc2ccccc2)C(=O)NCC(C)C)c2cccc(Br)c2)cc1. The summed E-state index contributed by atoms with van der Waals surface area (Å²) in [5.74, 6) is -0.607. The molecule has 4 aromatic carbocycles. The van der Waals surface area contributed by atoms with Crippen molar-refractivity contribution < 1.29 is 18.0 Å². The maximum Gasteiger partial charge on any atom is 0.264 e. The molecule has 45 heavy (non-hydrogen) atoms. The highest BCUT2D eigenvalue weighted by atomic mass is 79.9. The molecule has 0 aromatic heterocycles. The van der Waals surface area contributed by atoms with Crippen LogP contribution in [0.1, 0.15) is 30.5 Å². The molecule has 0 radical (unpaired) electrons. The number of hydrogen-bond donors (Lipinski definition) is 1. The average molecular weight is 756 g/mol. The van der Waals surface area contributed by atoms with Gasteiger partial charge in [0.05, 0.1) is 10.6 Å². The molecule has 0 aliphatic heterocycles. The van der Waals surface area contributed by atoms with Crippen molar-refractivity contribution in [3.8, 4) is 0 Å². The lowest BCUT2D eigenvalue weighted by Crippen LogP contribution is -2.53. The van der Waals surface area contributed by atoms with Crippen LogP contribution in [-0.2, 0) is 32.6 Å². The zero-order chi connectivity index (χ0) is 32.6. The molecule has 1 atom stereocenters. The highest BCUT2D eigenvalue weighted by molar-refractivity contribution is 9.10. The molecule has 0 aliphatic carbocycles. The van der Waals surface area contributed by atoms with Crippen molar-refractivity contribution >= 4 is 59.4 Å². The molecule has 7 nitrogen and oxygen atoms in total. The fourth-order valence-electron chi connectivity index (χ4n) is 4.81. The van der Waals surface area contributed by atoms with Crippen molar-refractivity contribution in [3.63, 3.8) is 0 Å². The zero-order valence-electron chi connectivity index (χ0n) is 25.5. The van der Waals surface area contributed by atoms with Gasteiger partial charge in [0.15, 0.2) is 0 Å². The van der Waals surface area contributed by atoms with Crippen LogP contribution in [0.15, 0.2) is 117 Å². The summed E-state index contributed by atoms with van der Waals surface area (Å²) in [6.45, 7) is 5.91. The van der Waals surface area contributed by atoms with E-state index < -0.39 is 28.5 Å². The van der Waals surface area contributed by atoms with Crippen molar-refractivity contribution in [1.29, 1.82) is 0 Å². The number of aryl methyl sites for hydroxylation is 1. The molecular formula is C35H37Br2N3O4S. The van der Waals surface area contributed by atoms with E-state index in [2.05, 4.69) is 37.2 Å². The van der Waals surface area contributed by atoms with Gasteiger partial charge >= 0.3 is 0 Å². The van der Waals surface area contributed by atoms with Crippen LogP contribution in [0.5, 0.6) is 0 Å². The minimum atomic E-state index is -4.17. The summed E-state index contributed by atoms with van der Waals surface area (Å²) >= 11 is 6.95. The van der Waals surface area contributed by atoms with Gasteiger partial charge < -0.3 is 10.2 Å². The zero-order valence-corrected chi connectivity index (χ0v) is 29.5. The summed E-state index contributed by atoms with van der Waals surface area (Å²) in [6.07, 6.45) is 0.256. The number of rotatable bonds is 13. The summed E-state index contributed by atoms with van der Waals surface area (Å²) in [5.41, 5.74) is 2.91. The summed E-state index contributed by atoms with van der Waals surface area (Å²) in [5, 5.41) is 3.01. The first-order valence-electron chi connectivity index (χ1n) is 14.6. The fraction of sp³-hybridized carbons (Fsp3) is 0.257. The molecule has 0 heterocycles. The Balaban J connectivity index is 1.80. The molecule has 2 amide bonds. The van der Waals surface area contributed by atoms with Gasteiger partial charge in [0.25, 0.3) is 10.0 Å². The highest BCUT2D eigenvalue weighted by Crippen LogP contribution is 2.28. The number of nitrogens with one attached hydrogen (secondary N) is 1. The molecule has 0 unspecified atom stereocenters. The van der Waals surface area contributed by atoms with Crippen LogP contribution in [-0.4, -0.2) is 44.3 Å². The van der Waals surface area contributed by atoms with Crippen LogP contribution < -0.4 is 9.62 Å². The molecule has 0 bridgehead atoms. The third-order valence-corrected chi connectivity index (χ3v) is 9.96. The number of carbonyl (C=O) groups is 2. The minimum absolute atomic E-state index is 0.0647. The van der Waals surface area contributed by atoms with Gasteiger partial charge in [-0.2, -0.15) is 0 Å². The number of hydrogen-bond acceptors (Lipinski definition) is 4. The molecule has 4 rings (SSSR count). The van der Waals surface area contributed by atoms with Crippen molar-refractivity contribution in [2.75, 3.05) is 17.4 Å². The number of carbonyl (C=O) groups excluding carboxylic acids is 2. The number of sulfonamides is 1. The van der Waals surface area contributed by atoms with Gasteiger partial charge in [-0.15, -0.1) is 0 Å². The largest absolute Gasteiger partial charge is 0.354 e. The number of anilines is 1. The van der Waals surface area contributed by atoms with Crippen LogP contribution in [0, 0.1) is 12.8 Å². The predicted octanol–water partition coefficient (Wildman–Crippen LogP) is 7.13. The number of halogens is 2. The standard InChI is InChI=1S/C35H37Br2N3O4S/c1-25(2)22-38-35(42)33(20-27-9-5-4-6-10-27)39(23-28-11-7-12-29(36)19-28)34(41)24-40(31-14-8-13-30(37)21-31)45(43,44)32-17-15-26(3)16-18-32/h4-19,21,25,33H,20,22-24H2,1-3H3,(H,38,42)/t33-/m1/s1. The lowest BCUT2D eigenvalue weighted by molar-refractivity contribution is -0.140. The van der Waals surface area contributed by atoms with E-state index in [4.69, 9.17) is 0 Å². The number of benzene rings is 4. The first-order valence-corrected chi connectivity index (χ1v) is 17.7. The maximum atomic E-state index is 14.5. The van der Waals surface area contributed by atoms with E-state index in [-0.39, 0.29) is 29.7 Å². The van der Waals surface area contributed by atoms with Crippen LogP contribution in [0.3, 0.4) is 0 Å². The third kappa shape index (κ3) is 9.51. The Morgan fingerprint density at radius 2 is 1.42 bits per heavy atom. The lowest BCUT2D eigenvalue weighted by Gasteiger charge is -2.34. The van der Waals surface area contributed by atoms with E-state index in [1.807, 2.05) is 75.4 Å². The molecule has 0 aliphatic rings. The van der Waals surface area contributed by atoms with Gasteiger partial charge in [0.2, 0.25) is 11.8 Å². The Morgan fingerprint density at radius 3 is 2.04 bits per heavy atom. The molecule has 0 fully saturated rings. The molecule has 236 valence electrons. The maximum absolute atomic E-state index is 14.5. The molecule has 10 heteroatoms. The van der Waals surface area contributed by atoms with Crippen molar-refractivity contribution in [2.45, 2.75) is 44.7 Å². The second kappa shape index (κ2) is 15.7. The van der Waals surface area contributed by atoms with Gasteiger partial charge in [-0.05, 0) is 66.4 Å². The average Bonchev–Trinajstić information content (AvgIpc) is 3.01. The first kappa shape index (κ1) is 34.4. The quantitative estimate of drug-likeness (QED) is 0.158. The Bertz CT molecular complexity index is 1710. The van der Waals surface area contributed by atoms with Crippen molar-refractivity contribution in [1.82, 2.24) is 10.2 Å².